The number of carbonyl (C=O) groups is 2. The lowest BCUT2D eigenvalue weighted by Crippen LogP contribution is -2.16. The van der Waals surface area contributed by atoms with Crippen molar-refractivity contribution in [3.05, 3.63) is 60.2 Å². The molecular formula is C27H26N4O8. The Morgan fingerprint density at radius 1 is 0.821 bits per heavy atom. The predicted octanol–water partition coefficient (Wildman–Crippen LogP) is 3.47. The van der Waals surface area contributed by atoms with E-state index in [2.05, 4.69) is 20.6 Å². The van der Waals surface area contributed by atoms with Crippen LogP contribution in [0.3, 0.4) is 0 Å². The van der Waals surface area contributed by atoms with E-state index in [4.69, 9.17) is 19.7 Å². The van der Waals surface area contributed by atoms with E-state index in [-0.39, 0.29) is 54.2 Å². The van der Waals surface area contributed by atoms with Gasteiger partial charge in [0.05, 0.1) is 27.8 Å². The molecule has 39 heavy (non-hydrogen) atoms. The summed E-state index contributed by atoms with van der Waals surface area (Å²) < 4.78 is 11.7. The van der Waals surface area contributed by atoms with E-state index in [0.717, 1.165) is 5.56 Å². The van der Waals surface area contributed by atoms with Gasteiger partial charge < -0.3 is 40.5 Å². The molecule has 0 radical (unpaired) electrons. The Morgan fingerprint density at radius 3 is 2.15 bits per heavy atom. The SMILES string of the molecule is Cc1ccc(NCC(=O)O)c(OCCOc2cc(-c3nc(O)c4ccccc4n3)c(O)cc2NCC(=O)O)c1. The normalized spacial score (nSPS) is 10.7. The first kappa shape index (κ1) is 26.8. The average Bonchev–Trinajstić information content (AvgIpc) is 2.90. The fraction of sp³-hybridized carbons (Fsp3) is 0.185. The number of anilines is 2. The molecular weight excluding hydrogens is 508 g/mol. The monoisotopic (exact) mass is 534 g/mol. The Labute approximate surface area is 222 Å². The van der Waals surface area contributed by atoms with Gasteiger partial charge in [0.1, 0.15) is 43.6 Å². The Bertz CT molecular complexity index is 1530. The number of hydrogen-bond acceptors (Lipinski definition) is 10. The molecule has 1 aromatic heterocycles. The smallest absolute Gasteiger partial charge is 0.322 e. The number of nitrogens with one attached hydrogen (secondary N) is 2. The van der Waals surface area contributed by atoms with E-state index < -0.39 is 18.5 Å². The molecule has 4 rings (SSSR count). The molecule has 202 valence electrons. The molecule has 0 aliphatic heterocycles. The summed E-state index contributed by atoms with van der Waals surface area (Å²) in [5.41, 5.74) is 2.25. The predicted molar refractivity (Wildman–Crippen MR) is 143 cm³/mol. The summed E-state index contributed by atoms with van der Waals surface area (Å²) in [7, 11) is 0. The molecule has 0 fully saturated rings. The van der Waals surface area contributed by atoms with Crippen LogP contribution in [0.1, 0.15) is 5.56 Å². The molecule has 0 saturated carbocycles. The molecule has 12 nitrogen and oxygen atoms in total. The maximum absolute atomic E-state index is 11.1. The number of ether oxygens (including phenoxy) is 2. The largest absolute Gasteiger partial charge is 0.507 e. The highest BCUT2D eigenvalue weighted by atomic mass is 16.5. The molecule has 12 heteroatoms. The number of hydrogen-bond donors (Lipinski definition) is 6. The van der Waals surface area contributed by atoms with E-state index in [1.165, 1.54) is 12.1 Å². The molecule has 1 heterocycles. The van der Waals surface area contributed by atoms with Crippen molar-refractivity contribution in [2.45, 2.75) is 6.92 Å². The number of aromatic hydroxyl groups is 2. The molecule has 0 aliphatic carbocycles. The molecule has 3 aromatic carbocycles. The van der Waals surface area contributed by atoms with Gasteiger partial charge in [-0.05, 0) is 42.8 Å². The van der Waals surface area contributed by atoms with Gasteiger partial charge in [-0.1, -0.05) is 18.2 Å². The third kappa shape index (κ3) is 6.74. The second-order valence-corrected chi connectivity index (χ2v) is 8.44. The lowest BCUT2D eigenvalue weighted by Gasteiger charge is -2.17. The van der Waals surface area contributed by atoms with Crippen LogP contribution in [-0.4, -0.2) is 68.6 Å². The molecule has 0 amide bonds. The van der Waals surface area contributed by atoms with Crippen LogP contribution in [0.5, 0.6) is 23.1 Å². The van der Waals surface area contributed by atoms with Crippen LogP contribution >= 0.6 is 0 Å². The fourth-order valence-corrected chi connectivity index (χ4v) is 3.73. The summed E-state index contributed by atoms with van der Waals surface area (Å²) in [5, 5.41) is 45.0. The molecule has 0 spiro atoms. The van der Waals surface area contributed by atoms with Crippen LogP contribution in [0.15, 0.2) is 54.6 Å². The third-order valence-corrected chi connectivity index (χ3v) is 5.52. The van der Waals surface area contributed by atoms with Gasteiger partial charge in [0, 0.05) is 6.07 Å². The van der Waals surface area contributed by atoms with E-state index in [9.17, 15) is 19.8 Å². The second kappa shape index (κ2) is 11.9. The number of aromatic nitrogens is 2. The van der Waals surface area contributed by atoms with Crippen molar-refractivity contribution in [2.24, 2.45) is 0 Å². The fourth-order valence-electron chi connectivity index (χ4n) is 3.73. The number of aryl methyl sites for hydroxylation is 1. The number of phenolic OH excluding ortho intramolecular Hbond substituents is 1. The average molecular weight is 535 g/mol. The number of nitrogens with zero attached hydrogens (tertiary/aromatic N) is 2. The number of fused-ring (bicyclic) bond motifs is 1. The minimum atomic E-state index is -1.11. The zero-order chi connectivity index (χ0) is 27.9. The van der Waals surface area contributed by atoms with Crippen LogP contribution in [0, 0.1) is 6.92 Å². The number of phenols is 1. The van der Waals surface area contributed by atoms with Crippen molar-refractivity contribution in [3.63, 3.8) is 0 Å². The summed E-state index contributed by atoms with van der Waals surface area (Å²) in [6.07, 6.45) is 0. The lowest BCUT2D eigenvalue weighted by molar-refractivity contribution is -0.135. The Hall–Kier alpha value is -5.26. The van der Waals surface area contributed by atoms with Crippen molar-refractivity contribution in [1.29, 1.82) is 0 Å². The van der Waals surface area contributed by atoms with E-state index in [0.29, 0.717) is 22.3 Å². The van der Waals surface area contributed by atoms with Gasteiger partial charge in [-0.2, -0.15) is 4.98 Å². The standard InChI is InChI=1S/C27H26N4O8/c1-15-6-7-19(28-13-24(33)34)22(10-15)38-8-9-39-23-11-17(21(32)12-20(23)29-14-25(35)36)26-30-18-5-3-2-4-16(18)27(37)31-26/h2-7,10-12,28-29,32H,8-9,13-14H2,1H3,(H,33,34)(H,35,36)(H,30,31,37). The minimum Gasteiger partial charge on any atom is -0.507 e. The molecule has 0 unspecified atom stereocenters. The number of benzene rings is 3. The minimum absolute atomic E-state index is 0.0160. The first-order valence-corrected chi connectivity index (χ1v) is 11.8. The molecule has 0 saturated heterocycles. The summed E-state index contributed by atoms with van der Waals surface area (Å²) in [4.78, 5) is 30.6. The molecule has 6 N–H and O–H groups in total. The summed E-state index contributed by atoms with van der Waals surface area (Å²) >= 11 is 0. The molecule has 4 aromatic rings. The van der Waals surface area contributed by atoms with E-state index >= 15 is 0 Å². The topological polar surface area (TPSA) is 183 Å². The molecule has 0 bridgehead atoms. The first-order chi connectivity index (χ1) is 18.7. The summed E-state index contributed by atoms with van der Waals surface area (Å²) in [6.45, 7) is 1.24. The number of para-hydroxylation sites is 1. The van der Waals surface area contributed by atoms with Crippen LogP contribution in [0.25, 0.3) is 22.3 Å². The number of carboxylic acid groups (broad SMARTS) is 2. The number of aliphatic carboxylic acids is 2. The van der Waals surface area contributed by atoms with Crippen molar-refractivity contribution in [2.75, 3.05) is 36.9 Å². The van der Waals surface area contributed by atoms with Gasteiger partial charge in [-0.15, -0.1) is 0 Å². The van der Waals surface area contributed by atoms with Crippen LogP contribution < -0.4 is 20.1 Å². The number of carboxylic acids is 2. The first-order valence-electron chi connectivity index (χ1n) is 11.8. The van der Waals surface area contributed by atoms with E-state index in [1.54, 1.807) is 36.4 Å². The van der Waals surface area contributed by atoms with Gasteiger partial charge >= 0.3 is 11.9 Å². The van der Waals surface area contributed by atoms with E-state index in [1.807, 2.05) is 13.0 Å². The molecule has 0 atom stereocenters. The quantitative estimate of drug-likeness (QED) is 0.146. The zero-order valence-corrected chi connectivity index (χ0v) is 20.8. The summed E-state index contributed by atoms with van der Waals surface area (Å²) in [5.74, 6) is -1.97. The van der Waals surface area contributed by atoms with Crippen molar-refractivity contribution >= 4 is 34.2 Å². The van der Waals surface area contributed by atoms with Crippen LogP contribution in [0.4, 0.5) is 11.4 Å². The molecule has 0 aliphatic rings. The highest BCUT2D eigenvalue weighted by Crippen LogP contribution is 2.38. The highest BCUT2D eigenvalue weighted by Gasteiger charge is 2.17. The highest BCUT2D eigenvalue weighted by molar-refractivity contribution is 5.86. The number of rotatable bonds is 12. The maximum atomic E-state index is 11.1. The second-order valence-electron chi connectivity index (χ2n) is 8.44. The van der Waals surface area contributed by atoms with Crippen molar-refractivity contribution in [1.82, 2.24) is 9.97 Å². The summed E-state index contributed by atoms with van der Waals surface area (Å²) in [6, 6.07) is 14.9. The maximum Gasteiger partial charge on any atom is 0.322 e. The third-order valence-electron chi connectivity index (χ3n) is 5.52. The van der Waals surface area contributed by atoms with Gasteiger partial charge in [-0.25, -0.2) is 4.98 Å². The van der Waals surface area contributed by atoms with Crippen LogP contribution in [-0.2, 0) is 9.59 Å². The van der Waals surface area contributed by atoms with Gasteiger partial charge in [-0.3, -0.25) is 9.59 Å². The Balaban J connectivity index is 1.56. The lowest BCUT2D eigenvalue weighted by atomic mass is 10.1. The zero-order valence-electron chi connectivity index (χ0n) is 20.8. The Morgan fingerprint density at radius 2 is 1.46 bits per heavy atom. The van der Waals surface area contributed by atoms with Crippen molar-refractivity contribution < 1.29 is 39.5 Å². The van der Waals surface area contributed by atoms with Crippen molar-refractivity contribution in [3.8, 4) is 34.5 Å². The van der Waals surface area contributed by atoms with Gasteiger partial charge in [0.15, 0.2) is 5.82 Å². The van der Waals surface area contributed by atoms with Gasteiger partial charge in [0.2, 0.25) is 5.88 Å². The van der Waals surface area contributed by atoms with Gasteiger partial charge in [0.25, 0.3) is 0 Å². The Kier molecular flexibility index (Phi) is 8.15. The van der Waals surface area contributed by atoms with Crippen LogP contribution in [0.2, 0.25) is 0 Å².